The number of hydrogen-bond acceptors (Lipinski definition) is 0. The first-order chi connectivity index (χ1) is 8.45. The lowest BCUT2D eigenvalue weighted by atomic mass is 10.1. The fourth-order valence-electron chi connectivity index (χ4n) is 2.41. The number of rotatable bonds is 2. The third kappa shape index (κ3) is 6.03. The summed E-state index contributed by atoms with van der Waals surface area (Å²) in [5.41, 5.74) is 0. The summed E-state index contributed by atoms with van der Waals surface area (Å²) in [6.07, 6.45) is 24.6. The molecule has 2 aliphatic rings. The maximum absolute atomic E-state index is 2.52. The van der Waals surface area contributed by atoms with Crippen molar-refractivity contribution < 1.29 is 12.4 Å². The van der Waals surface area contributed by atoms with Crippen molar-refractivity contribution >= 4 is 8.58 Å². The van der Waals surface area contributed by atoms with Crippen LogP contribution in [0.5, 0.6) is 0 Å². The summed E-state index contributed by atoms with van der Waals surface area (Å²) in [6, 6.07) is 0. The van der Waals surface area contributed by atoms with Crippen molar-refractivity contribution in [2.45, 2.75) is 51.4 Å². The zero-order chi connectivity index (χ0) is 11.8. The molecule has 18 heavy (non-hydrogen) atoms. The first-order valence-corrected chi connectivity index (χ1v) is 8.13. The summed E-state index contributed by atoms with van der Waals surface area (Å²) < 4.78 is 0. The Morgan fingerprint density at radius 3 is 1.56 bits per heavy atom. The second-order valence-corrected chi connectivity index (χ2v) is 6.65. The second-order valence-electron chi connectivity index (χ2n) is 4.88. The highest BCUT2D eigenvalue weighted by Crippen LogP contribution is 2.40. The van der Waals surface area contributed by atoms with Gasteiger partial charge in [0.15, 0.2) is 0 Å². The van der Waals surface area contributed by atoms with Crippen LogP contribution < -0.4 is 12.4 Å². The summed E-state index contributed by atoms with van der Waals surface area (Å²) in [5, 5.41) is 3.51. The standard InChI is InChI=1S/C16H23P.ClH/c1-3-7-11-15(12-8-4-1)17-16-13-9-5-2-6-10-14-16;/h1-3,5,12,14,17H,4,6-11,13H2;1H. The van der Waals surface area contributed by atoms with Crippen LogP contribution in [-0.4, -0.2) is 0 Å². The first-order valence-electron chi connectivity index (χ1n) is 6.98. The van der Waals surface area contributed by atoms with E-state index in [0.717, 1.165) is 0 Å². The molecule has 0 fully saturated rings. The highest BCUT2D eigenvalue weighted by Gasteiger charge is 2.11. The van der Waals surface area contributed by atoms with Gasteiger partial charge in [-0.25, -0.2) is 0 Å². The SMILES string of the molecule is C1=CCCC([PH2+]C2=CCCC=CCC2)=CCC1.[Cl-]. The monoisotopic (exact) mass is 282 g/mol. The van der Waals surface area contributed by atoms with Gasteiger partial charge in [-0.1, -0.05) is 24.3 Å². The van der Waals surface area contributed by atoms with Gasteiger partial charge >= 0.3 is 0 Å². The molecular formula is C16H24ClP. The summed E-state index contributed by atoms with van der Waals surface area (Å²) in [7, 11) is 0.434. The van der Waals surface area contributed by atoms with Crippen molar-refractivity contribution in [2.75, 3.05) is 0 Å². The van der Waals surface area contributed by atoms with Crippen LogP contribution in [-0.2, 0) is 0 Å². The molecule has 0 bridgehead atoms. The molecule has 0 atom stereocenters. The van der Waals surface area contributed by atoms with E-state index in [9.17, 15) is 0 Å². The predicted octanol–water partition coefficient (Wildman–Crippen LogP) is 2.43. The molecule has 2 aliphatic carbocycles. The van der Waals surface area contributed by atoms with Crippen molar-refractivity contribution in [1.82, 2.24) is 0 Å². The topological polar surface area (TPSA) is 0 Å². The molecule has 2 rings (SSSR count). The number of hydrogen-bond donors (Lipinski definition) is 0. The van der Waals surface area contributed by atoms with E-state index in [1.165, 1.54) is 51.4 Å². The van der Waals surface area contributed by atoms with Gasteiger partial charge < -0.3 is 12.4 Å². The van der Waals surface area contributed by atoms with E-state index in [-0.39, 0.29) is 12.4 Å². The zero-order valence-electron chi connectivity index (χ0n) is 11.1. The van der Waals surface area contributed by atoms with Gasteiger partial charge in [0.1, 0.15) is 0 Å². The minimum Gasteiger partial charge on any atom is -1.00 e. The van der Waals surface area contributed by atoms with Crippen molar-refractivity contribution in [3.05, 3.63) is 47.1 Å². The molecule has 0 nitrogen and oxygen atoms in total. The molecule has 2 heteroatoms. The molecule has 0 unspecified atom stereocenters. The van der Waals surface area contributed by atoms with Crippen molar-refractivity contribution in [3.63, 3.8) is 0 Å². The van der Waals surface area contributed by atoms with E-state index >= 15 is 0 Å². The quantitative estimate of drug-likeness (QED) is 0.539. The molecule has 0 saturated carbocycles. The van der Waals surface area contributed by atoms with Crippen LogP contribution in [0.4, 0.5) is 0 Å². The highest BCUT2D eigenvalue weighted by molar-refractivity contribution is 7.47. The fourth-order valence-corrected chi connectivity index (χ4v) is 4.07. The van der Waals surface area contributed by atoms with Crippen LogP contribution in [0, 0.1) is 0 Å². The molecule has 0 aromatic rings. The molecule has 0 saturated heterocycles. The summed E-state index contributed by atoms with van der Waals surface area (Å²) in [4.78, 5) is 0. The summed E-state index contributed by atoms with van der Waals surface area (Å²) >= 11 is 0. The molecule has 0 aliphatic heterocycles. The Kier molecular flexibility index (Phi) is 8.38. The Morgan fingerprint density at radius 2 is 1.06 bits per heavy atom. The Morgan fingerprint density at radius 1 is 0.611 bits per heavy atom. The first kappa shape index (κ1) is 15.7. The number of halogens is 1. The van der Waals surface area contributed by atoms with Crippen molar-refractivity contribution in [1.29, 1.82) is 0 Å². The van der Waals surface area contributed by atoms with Gasteiger partial charge in [0.05, 0.1) is 10.6 Å². The molecule has 100 valence electrons. The molecule has 0 aromatic heterocycles. The van der Waals surface area contributed by atoms with Crippen LogP contribution in [0.2, 0.25) is 0 Å². The third-order valence-corrected chi connectivity index (χ3v) is 5.17. The molecule has 0 radical (unpaired) electrons. The lowest BCUT2D eigenvalue weighted by Gasteiger charge is -2.07. The van der Waals surface area contributed by atoms with Crippen LogP contribution in [0.15, 0.2) is 47.1 Å². The van der Waals surface area contributed by atoms with Gasteiger partial charge in [-0.05, 0) is 50.7 Å². The third-order valence-electron chi connectivity index (χ3n) is 3.38. The zero-order valence-corrected chi connectivity index (χ0v) is 13.0. The highest BCUT2D eigenvalue weighted by atomic mass is 35.5. The maximum Gasteiger partial charge on any atom is 0.0678 e. The van der Waals surface area contributed by atoms with Gasteiger partial charge in [-0.15, -0.1) is 0 Å². The minimum atomic E-state index is 0. The van der Waals surface area contributed by atoms with E-state index in [1.807, 2.05) is 0 Å². The van der Waals surface area contributed by atoms with E-state index in [4.69, 9.17) is 0 Å². The normalized spacial score (nSPS) is 21.3. The lowest BCUT2D eigenvalue weighted by molar-refractivity contribution is -0.00000338. The fraction of sp³-hybridized carbons (Fsp3) is 0.500. The molecule has 0 spiro atoms. The van der Waals surface area contributed by atoms with Gasteiger partial charge in [0, 0.05) is 21.4 Å². The van der Waals surface area contributed by atoms with E-state index in [0.29, 0.717) is 8.58 Å². The summed E-state index contributed by atoms with van der Waals surface area (Å²) in [6.45, 7) is 0. The smallest absolute Gasteiger partial charge is 0.0678 e. The average Bonchev–Trinajstić information content (AvgIpc) is 2.24. The van der Waals surface area contributed by atoms with E-state index in [2.05, 4.69) is 36.5 Å². The van der Waals surface area contributed by atoms with Gasteiger partial charge in [-0.2, -0.15) is 0 Å². The van der Waals surface area contributed by atoms with Gasteiger partial charge in [0.2, 0.25) is 0 Å². The summed E-state index contributed by atoms with van der Waals surface area (Å²) in [5.74, 6) is 0. The van der Waals surface area contributed by atoms with Gasteiger partial charge in [0.25, 0.3) is 0 Å². The Bertz CT molecular complexity index is 316. The van der Waals surface area contributed by atoms with E-state index in [1.54, 1.807) is 10.6 Å². The van der Waals surface area contributed by atoms with Crippen molar-refractivity contribution in [2.24, 2.45) is 0 Å². The number of allylic oxidation sites excluding steroid dienone is 8. The second kappa shape index (κ2) is 9.59. The predicted molar refractivity (Wildman–Crippen MR) is 81.1 cm³/mol. The average molecular weight is 283 g/mol. The van der Waals surface area contributed by atoms with Crippen molar-refractivity contribution in [3.8, 4) is 0 Å². The maximum atomic E-state index is 2.52. The van der Waals surface area contributed by atoms with Crippen LogP contribution in [0.25, 0.3) is 0 Å². The van der Waals surface area contributed by atoms with Crippen LogP contribution >= 0.6 is 8.58 Å². The Balaban J connectivity index is 0.00000162. The Hall–Kier alpha value is -0.320. The molecule has 0 aromatic carbocycles. The van der Waals surface area contributed by atoms with Gasteiger partial charge in [-0.3, -0.25) is 0 Å². The van der Waals surface area contributed by atoms with Crippen LogP contribution in [0.1, 0.15) is 51.4 Å². The molecule has 0 N–H and O–H groups in total. The lowest BCUT2D eigenvalue weighted by Crippen LogP contribution is -3.00. The molecule has 0 amide bonds. The molecular weight excluding hydrogens is 259 g/mol. The Labute approximate surface area is 120 Å². The van der Waals surface area contributed by atoms with E-state index < -0.39 is 0 Å². The van der Waals surface area contributed by atoms with Crippen LogP contribution in [0.3, 0.4) is 0 Å². The largest absolute Gasteiger partial charge is 1.00 e. The minimum absolute atomic E-state index is 0. The molecule has 0 heterocycles.